The van der Waals surface area contributed by atoms with Crippen LogP contribution in [0.15, 0.2) is 103 Å². The summed E-state index contributed by atoms with van der Waals surface area (Å²) in [5, 5.41) is 34.2. The molecule has 2 saturated heterocycles. The molecule has 22 heteroatoms. The number of benzene rings is 4. The summed E-state index contributed by atoms with van der Waals surface area (Å²) in [5.41, 5.74) is 6.88. The molecule has 2 fully saturated rings. The lowest BCUT2D eigenvalue weighted by Crippen LogP contribution is -2.57. The molecule has 0 spiro atoms. The number of carbonyl (C=O) groups is 5. The first-order chi connectivity index (χ1) is 38.2. The SMILES string of the molecule is Cc1ccc(NC(=O)Cn2cc(-c3ccc4c(NC(=O)c5ccc(N6CCN(CCCCC(=O)N[C@H](C(=O)N7C[C@H](O)C[C@H]7C(=O)NCc7ccc(-c8scnc8C)cc7)C(C)(C)C)CC6)cc5)n[nH]c4c3)cn2)cc1C(F)(F)F. The van der Waals surface area contributed by atoms with Gasteiger partial charge in [-0.1, -0.05) is 57.2 Å². The number of rotatable bonds is 18. The van der Waals surface area contributed by atoms with Crippen LogP contribution in [0, 0.1) is 19.3 Å². The molecule has 5 amide bonds. The van der Waals surface area contributed by atoms with E-state index in [0.29, 0.717) is 34.3 Å². The van der Waals surface area contributed by atoms with E-state index in [2.05, 4.69) is 51.3 Å². The van der Waals surface area contributed by atoms with E-state index in [9.17, 15) is 42.3 Å². The number of fused-ring (bicyclic) bond motifs is 1. The summed E-state index contributed by atoms with van der Waals surface area (Å²) >= 11 is 1.57. The molecule has 80 heavy (non-hydrogen) atoms. The number of nitrogens with one attached hydrogen (secondary N) is 5. The highest BCUT2D eigenvalue weighted by Crippen LogP contribution is 2.34. The monoisotopic (exact) mass is 1110 g/mol. The molecule has 0 unspecified atom stereocenters. The van der Waals surface area contributed by atoms with Crippen LogP contribution in [0.3, 0.4) is 0 Å². The number of hydrogen-bond acceptors (Lipinski definition) is 12. The van der Waals surface area contributed by atoms with Gasteiger partial charge in [0, 0.05) is 86.2 Å². The van der Waals surface area contributed by atoms with Crippen molar-refractivity contribution in [2.24, 2.45) is 5.41 Å². The Hall–Kier alpha value is -7.95. The van der Waals surface area contributed by atoms with Gasteiger partial charge in [0.15, 0.2) is 5.82 Å². The average Bonchev–Trinajstić information content (AvgIpc) is 4.26. The summed E-state index contributed by atoms with van der Waals surface area (Å²) in [6, 6.07) is 22.7. The Kier molecular flexibility index (Phi) is 17.2. The first kappa shape index (κ1) is 56.8. The van der Waals surface area contributed by atoms with E-state index < -0.39 is 47.2 Å². The van der Waals surface area contributed by atoms with Gasteiger partial charge in [0.1, 0.15) is 18.6 Å². The quantitative estimate of drug-likeness (QED) is 0.0450. The number of unbranched alkanes of at least 4 members (excludes halogenated alkanes) is 1. The Morgan fingerprint density at radius 1 is 0.850 bits per heavy atom. The Bertz CT molecular complexity index is 3360. The third kappa shape index (κ3) is 13.7. The number of amides is 5. The molecule has 6 N–H and O–H groups in total. The second kappa shape index (κ2) is 24.2. The largest absolute Gasteiger partial charge is 0.416 e. The number of carbonyl (C=O) groups excluding carboxylic acids is 5. The molecule has 5 heterocycles. The van der Waals surface area contributed by atoms with Gasteiger partial charge in [-0.15, -0.1) is 11.3 Å². The van der Waals surface area contributed by atoms with Gasteiger partial charge in [0.2, 0.25) is 23.6 Å². The minimum absolute atomic E-state index is 0.00256. The number of halogens is 3. The topological polar surface area (TPSA) is 223 Å². The standard InChI is InChI=1S/C58H65F3N12O6S/c1-35-9-17-42(27-46(35)58(59,60)61)65-50(76)33-72-31-41(30-64-72)40-16-20-45-47(26-40)68-69-53(45)67-54(77)39-14-18-43(19-15-39)71-24-22-70(23-25-71)21-7-6-8-49(75)66-52(57(3,4)5)56(79)73-32-44(74)28-48(73)55(78)62-29-37-10-12-38(13-11-37)51-36(2)63-34-80-51/h9-20,26-27,30-31,34,44,48,52,74H,6-8,21-25,28-29,32-33H2,1-5H3,(H,62,78)(H,65,76)(H,66,75)(H2,67,68,69,77)/t44-,48+,52-/m1/s1. The molecule has 0 aliphatic carbocycles. The highest BCUT2D eigenvalue weighted by atomic mass is 32.1. The Balaban J connectivity index is 0.690. The molecular weight excluding hydrogens is 1050 g/mol. The zero-order chi connectivity index (χ0) is 56.9. The van der Waals surface area contributed by atoms with Crippen LogP contribution in [-0.4, -0.2) is 127 Å². The zero-order valence-electron chi connectivity index (χ0n) is 45.2. The van der Waals surface area contributed by atoms with Gasteiger partial charge in [-0.25, -0.2) is 4.98 Å². The third-order valence-corrected chi connectivity index (χ3v) is 15.6. The number of alkyl halides is 3. The molecule has 7 aromatic rings. The fourth-order valence-electron chi connectivity index (χ4n) is 10.1. The minimum atomic E-state index is -4.54. The summed E-state index contributed by atoms with van der Waals surface area (Å²) in [4.78, 5) is 78.6. The predicted molar refractivity (Wildman–Crippen MR) is 301 cm³/mol. The number of H-pyrrole nitrogens is 1. The number of aryl methyl sites for hydroxylation is 2. The lowest BCUT2D eigenvalue weighted by atomic mass is 9.85. The number of hydrogen-bond donors (Lipinski definition) is 6. The highest BCUT2D eigenvalue weighted by Gasteiger charge is 2.44. The zero-order valence-corrected chi connectivity index (χ0v) is 46.0. The number of aromatic nitrogens is 5. The summed E-state index contributed by atoms with van der Waals surface area (Å²) < 4.78 is 41.5. The number of β-amino-alcohol motifs (C(OH)–C–C–N with tert-alkyl or cyclic N) is 1. The fourth-order valence-corrected chi connectivity index (χ4v) is 10.9. The van der Waals surface area contributed by atoms with E-state index >= 15 is 0 Å². The van der Waals surface area contributed by atoms with Crippen molar-refractivity contribution in [2.75, 3.05) is 54.8 Å². The van der Waals surface area contributed by atoms with E-state index in [4.69, 9.17) is 0 Å². The molecule has 4 aromatic carbocycles. The highest BCUT2D eigenvalue weighted by molar-refractivity contribution is 7.13. The summed E-state index contributed by atoms with van der Waals surface area (Å²) in [7, 11) is 0. The molecule has 0 radical (unpaired) electrons. The van der Waals surface area contributed by atoms with E-state index in [1.165, 1.54) is 28.6 Å². The fraction of sp³-hybridized carbons (Fsp3) is 0.379. The first-order valence-corrected chi connectivity index (χ1v) is 27.5. The minimum Gasteiger partial charge on any atom is -0.391 e. The van der Waals surface area contributed by atoms with E-state index in [1.54, 1.807) is 35.9 Å². The molecule has 18 nitrogen and oxygen atoms in total. The molecule has 0 saturated carbocycles. The van der Waals surface area contributed by atoms with Crippen LogP contribution in [0.1, 0.15) is 79.2 Å². The molecule has 0 bridgehead atoms. The molecule has 3 atom stereocenters. The van der Waals surface area contributed by atoms with Crippen LogP contribution < -0.4 is 26.2 Å². The van der Waals surface area contributed by atoms with Gasteiger partial charge in [-0.3, -0.25) is 38.7 Å². The van der Waals surface area contributed by atoms with E-state index in [-0.39, 0.29) is 61.4 Å². The van der Waals surface area contributed by atoms with Crippen molar-refractivity contribution in [3.63, 3.8) is 0 Å². The second-order valence-electron chi connectivity index (χ2n) is 21.6. The summed E-state index contributed by atoms with van der Waals surface area (Å²) in [6.07, 6.45) is -0.410. The van der Waals surface area contributed by atoms with Crippen molar-refractivity contribution in [3.8, 4) is 21.6 Å². The lowest BCUT2D eigenvalue weighted by Gasteiger charge is -2.36. The Morgan fingerprint density at radius 3 is 2.29 bits per heavy atom. The first-order valence-electron chi connectivity index (χ1n) is 26.6. The smallest absolute Gasteiger partial charge is 0.391 e. The lowest BCUT2D eigenvalue weighted by molar-refractivity contribution is -0.144. The number of aliphatic hydroxyl groups is 1. The van der Waals surface area contributed by atoms with Crippen LogP contribution in [0.4, 0.5) is 30.4 Å². The van der Waals surface area contributed by atoms with Crippen LogP contribution in [0.2, 0.25) is 0 Å². The van der Waals surface area contributed by atoms with Gasteiger partial charge < -0.3 is 36.2 Å². The molecule has 3 aromatic heterocycles. The number of likely N-dealkylation sites (tertiary alicyclic amines) is 1. The normalized spacial score (nSPS) is 16.4. The predicted octanol–water partition coefficient (Wildman–Crippen LogP) is 8.18. The van der Waals surface area contributed by atoms with Crippen molar-refractivity contribution < 1.29 is 42.3 Å². The van der Waals surface area contributed by atoms with E-state index in [1.807, 2.05) is 87.8 Å². The van der Waals surface area contributed by atoms with Crippen LogP contribution in [-0.2, 0) is 38.4 Å². The third-order valence-electron chi connectivity index (χ3n) is 14.6. The number of nitrogens with zero attached hydrogens (tertiary/aromatic N) is 7. The number of aliphatic hydroxyl groups excluding tert-OH is 1. The van der Waals surface area contributed by atoms with Crippen molar-refractivity contribution in [2.45, 2.75) is 97.8 Å². The van der Waals surface area contributed by atoms with Crippen molar-refractivity contribution in [1.29, 1.82) is 0 Å². The molecule has 420 valence electrons. The maximum atomic E-state index is 14.1. The molecule has 2 aliphatic heterocycles. The van der Waals surface area contributed by atoms with Crippen LogP contribution in [0.5, 0.6) is 0 Å². The van der Waals surface area contributed by atoms with Crippen molar-refractivity contribution >= 4 is 69.0 Å². The number of thiazole rings is 1. The maximum Gasteiger partial charge on any atom is 0.416 e. The van der Waals surface area contributed by atoms with Gasteiger partial charge in [0.25, 0.3) is 5.91 Å². The Labute approximate surface area is 465 Å². The molecule has 9 rings (SSSR count). The second-order valence-corrected chi connectivity index (χ2v) is 22.4. The van der Waals surface area contributed by atoms with Gasteiger partial charge in [0.05, 0.1) is 39.5 Å². The molecular formula is C58H65F3N12O6S. The van der Waals surface area contributed by atoms with Crippen LogP contribution in [0.25, 0.3) is 32.5 Å². The van der Waals surface area contributed by atoms with E-state index in [0.717, 1.165) is 78.2 Å². The van der Waals surface area contributed by atoms with Gasteiger partial charge in [-0.2, -0.15) is 23.4 Å². The van der Waals surface area contributed by atoms with Gasteiger partial charge in [-0.05, 0) is 109 Å². The Morgan fingerprint density at radius 2 is 1.59 bits per heavy atom. The summed E-state index contributed by atoms with van der Waals surface area (Å²) in [5.74, 6) is -1.50. The van der Waals surface area contributed by atoms with Crippen LogP contribution >= 0.6 is 11.3 Å². The maximum absolute atomic E-state index is 14.1. The summed E-state index contributed by atoms with van der Waals surface area (Å²) in [6.45, 7) is 13.0. The van der Waals surface area contributed by atoms with Crippen molar-refractivity contribution in [1.82, 2.24) is 45.4 Å². The number of piperazine rings is 1. The average molecular weight is 1120 g/mol. The number of aromatic amines is 1. The molecule has 2 aliphatic rings. The van der Waals surface area contributed by atoms with Crippen molar-refractivity contribution in [3.05, 3.63) is 131 Å². The number of anilines is 3. The van der Waals surface area contributed by atoms with Gasteiger partial charge >= 0.3 is 6.18 Å².